The number of para-hydroxylation sites is 1. The lowest BCUT2D eigenvalue weighted by molar-refractivity contribution is 0.411. The summed E-state index contributed by atoms with van der Waals surface area (Å²) in [7, 11) is 0. The van der Waals surface area contributed by atoms with Crippen LogP contribution in [0.25, 0.3) is 33.3 Å². The first kappa shape index (κ1) is 18.0. The predicted molar refractivity (Wildman–Crippen MR) is 136 cm³/mol. The fourth-order valence-electron chi connectivity index (χ4n) is 4.38. The van der Waals surface area contributed by atoms with E-state index in [-0.39, 0.29) is 11.1 Å². The van der Waals surface area contributed by atoms with Crippen molar-refractivity contribution in [3.8, 4) is 11.3 Å². The Kier molecular flexibility index (Phi) is 4.63. The molecule has 5 aromatic rings. The van der Waals surface area contributed by atoms with Crippen LogP contribution in [0.15, 0.2) is 77.3 Å². The summed E-state index contributed by atoms with van der Waals surface area (Å²) in [6, 6.07) is 22.4. The summed E-state index contributed by atoms with van der Waals surface area (Å²) in [5, 5.41) is 1.69. The van der Waals surface area contributed by atoms with E-state index in [0.717, 1.165) is 41.3 Å². The third kappa shape index (κ3) is 4.68. The predicted octanol–water partition coefficient (Wildman–Crippen LogP) is 7.73. The van der Waals surface area contributed by atoms with E-state index in [2.05, 4.69) is 67.1 Å². The maximum absolute atomic E-state index is 7.65. The zero-order valence-corrected chi connectivity index (χ0v) is 19.4. The number of hydrogen-bond acceptors (Lipinski definition) is 3. The Morgan fingerprint density at radius 2 is 1.64 bits per heavy atom. The molecule has 3 aromatic heterocycles. The van der Waals surface area contributed by atoms with Crippen LogP contribution in [0.3, 0.4) is 0 Å². The highest BCUT2D eigenvalue weighted by Crippen LogP contribution is 2.34. The number of furan rings is 1. The van der Waals surface area contributed by atoms with E-state index in [9.17, 15) is 0 Å². The van der Waals surface area contributed by atoms with Crippen LogP contribution in [0.2, 0.25) is 0 Å². The normalized spacial score (nSPS) is 13.7. The molecule has 0 saturated heterocycles. The van der Waals surface area contributed by atoms with E-state index in [1.165, 1.54) is 16.7 Å². The van der Waals surface area contributed by atoms with Gasteiger partial charge in [0, 0.05) is 32.3 Å². The Morgan fingerprint density at radius 3 is 2.42 bits per heavy atom. The molecule has 0 spiro atoms. The first-order chi connectivity index (χ1) is 17.1. The molecule has 33 heavy (non-hydrogen) atoms. The summed E-state index contributed by atoms with van der Waals surface area (Å²) in [6.07, 6.45) is 4.77. The Hall–Kier alpha value is -3.46. The number of aromatic nitrogens is 2. The summed E-state index contributed by atoms with van der Waals surface area (Å²) in [4.78, 5) is 8.89. The fourth-order valence-corrected chi connectivity index (χ4v) is 4.38. The summed E-state index contributed by atoms with van der Waals surface area (Å²) in [5.41, 5.74) is 6.91. The molecule has 0 atom stereocenters. The standard InChI is InChI=1S/C30H30N2O/c1-20-8-15-25-24-6-5-7-26(28(24)33-29(25)32-20)27-18-22(16-17-31-27)12-9-21-10-13-23(14-11-21)19-30(2,3)4/h5-8,10-11,13-18H,9,12,19H2,1-4H3/i1D3. The molecule has 0 fully saturated rings. The molecule has 5 rings (SSSR count). The van der Waals surface area contributed by atoms with E-state index >= 15 is 0 Å². The Morgan fingerprint density at radius 1 is 0.848 bits per heavy atom. The molecule has 0 saturated carbocycles. The second-order valence-corrected chi connectivity index (χ2v) is 9.94. The molecule has 0 N–H and O–H groups in total. The molecule has 3 heteroatoms. The summed E-state index contributed by atoms with van der Waals surface area (Å²) in [6.45, 7) is 4.51. The van der Waals surface area contributed by atoms with Crippen LogP contribution in [0.4, 0.5) is 0 Å². The Balaban J connectivity index is 1.40. The number of benzene rings is 2. The number of hydrogen-bond donors (Lipinski definition) is 0. The average Bonchev–Trinajstić information content (AvgIpc) is 3.20. The summed E-state index contributed by atoms with van der Waals surface area (Å²) in [5.74, 6) is 0. The van der Waals surface area contributed by atoms with Crippen LogP contribution in [-0.2, 0) is 19.3 Å². The minimum Gasteiger partial charge on any atom is -0.437 e. The van der Waals surface area contributed by atoms with Crippen LogP contribution >= 0.6 is 0 Å². The molecule has 0 aliphatic carbocycles. The van der Waals surface area contributed by atoms with Crippen molar-refractivity contribution in [2.45, 2.75) is 46.9 Å². The second-order valence-electron chi connectivity index (χ2n) is 9.94. The van der Waals surface area contributed by atoms with Crippen LogP contribution in [0.5, 0.6) is 0 Å². The number of aryl methyl sites for hydroxylation is 3. The van der Waals surface area contributed by atoms with Gasteiger partial charge in [0.15, 0.2) is 0 Å². The Bertz CT molecular complexity index is 1530. The van der Waals surface area contributed by atoms with Crippen molar-refractivity contribution >= 4 is 22.1 Å². The molecule has 0 unspecified atom stereocenters. The molecular formula is C30H30N2O. The molecule has 0 aliphatic rings. The monoisotopic (exact) mass is 437 g/mol. The van der Waals surface area contributed by atoms with Crippen molar-refractivity contribution in [2.24, 2.45) is 5.41 Å². The SMILES string of the molecule is [2H]C([2H])([2H])c1ccc2c(n1)oc1c(-c3cc(CCc4ccc(CC(C)(C)C)cc4)ccn3)cccc12. The van der Waals surface area contributed by atoms with Gasteiger partial charge in [-0.25, -0.2) is 4.98 Å². The maximum atomic E-state index is 7.65. The number of fused-ring (bicyclic) bond motifs is 3. The van der Waals surface area contributed by atoms with Crippen molar-refractivity contribution < 1.29 is 8.53 Å². The van der Waals surface area contributed by atoms with Crippen LogP contribution in [0.1, 0.15) is 47.3 Å². The van der Waals surface area contributed by atoms with Gasteiger partial charge in [0.2, 0.25) is 5.71 Å². The highest BCUT2D eigenvalue weighted by atomic mass is 16.3. The molecule has 0 bridgehead atoms. The molecule has 3 nitrogen and oxygen atoms in total. The van der Waals surface area contributed by atoms with Crippen LogP contribution in [0, 0.1) is 12.3 Å². The molecule has 0 radical (unpaired) electrons. The van der Waals surface area contributed by atoms with E-state index in [0.29, 0.717) is 11.3 Å². The van der Waals surface area contributed by atoms with Gasteiger partial charge in [0.25, 0.3) is 0 Å². The minimum absolute atomic E-state index is 0.0298. The van der Waals surface area contributed by atoms with Crippen LogP contribution in [-0.4, -0.2) is 9.97 Å². The van der Waals surface area contributed by atoms with Gasteiger partial charge in [-0.1, -0.05) is 57.2 Å². The molecule has 0 amide bonds. The van der Waals surface area contributed by atoms with Gasteiger partial charge in [-0.2, -0.15) is 0 Å². The topological polar surface area (TPSA) is 38.9 Å². The third-order valence-corrected chi connectivity index (χ3v) is 5.92. The van der Waals surface area contributed by atoms with Crippen LogP contribution < -0.4 is 0 Å². The van der Waals surface area contributed by atoms with E-state index in [4.69, 9.17) is 8.53 Å². The lowest BCUT2D eigenvalue weighted by Gasteiger charge is -2.18. The van der Waals surface area contributed by atoms with Crippen molar-refractivity contribution in [3.05, 3.63) is 95.3 Å². The zero-order chi connectivity index (χ0) is 25.5. The van der Waals surface area contributed by atoms with Gasteiger partial charge in [-0.15, -0.1) is 0 Å². The smallest absolute Gasteiger partial charge is 0.227 e. The van der Waals surface area contributed by atoms with Gasteiger partial charge in [-0.05, 0) is 78.6 Å². The molecule has 0 aliphatic heterocycles. The van der Waals surface area contributed by atoms with E-state index in [1.807, 2.05) is 24.4 Å². The van der Waals surface area contributed by atoms with Crippen molar-refractivity contribution in [1.82, 2.24) is 9.97 Å². The third-order valence-electron chi connectivity index (χ3n) is 5.92. The minimum atomic E-state index is -2.28. The first-order valence-electron chi connectivity index (χ1n) is 12.9. The number of rotatable bonds is 5. The first-order valence-corrected chi connectivity index (χ1v) is 11.4. The van der Waals surface area contributed by atoms with Gasteiger partial charge in [0.05, 0.1) is 5.69 Å². The second kappa shape index (κ2) is 8.47. The fraction of sp³-hybridized carbons (Fsp3) is 0.267. The number of pyridine rings is 2. The lowest BCUT2D eigenvalue weighted by Crippen LogP contribution is -2.09. The van der Waals surface area contributed by atoms with Crippen molar-refractivity contribution in [2.75, 3.05) is 0 Å². The van der Waals surface area contributed by atoms with Gasteiger partial charge >= 0.3 is 0 Å². The van der Waals surface area contributed by atoms with Gasteiger partial charge in [-0.3, -0.25) is 4.98 Å². The highest BCUT2D eigenvalue weighted by molar-refractivity contribution is 6.08. The quantitative estimate of drug-likeness (QED) is 0.282. The molecule has 166 valence electrons. The van der Waals surface area contributed by atoms with Gasteiger partial charge in [0.1, 0.15) is 5.58 Å². The average molecular weight is 438 g/mol. The van der Waals surface area contributed by atoms with E-state index in [1.54, 1.807) is 12.1 Å². The maximum Gasteiger partial charge on any atom is 0.227 e. The van der Waals surface area contributed by atoms with Crippen molar-refractivity contribution in [3.63, 3.8) is 0 Å². The largest absolute Gasteiger partial charge is 0.437 e. The Labute approximate surface area is 199 Å². The zero-order valence-electron chi connectivity index (χ0n) is 22.4. The molecular weight excluding hydrogens is 404 g/mol. The number of nitrogens with zero attached hydrogens (tertiary/aromatic N) is 2. The van der Waals surface area contributed by atoms with Crippen molar-refractivity contribution in [1.29, 1.82) is 0 Å². The molecule has 2 aromatic carbocycles. The highest BCUT2D eigenvalue weighted by Gasteiger charge is 2.14. The van der Waals surface area contributed by atoms with E-state index < -0.39 is 6.85 Å². The summed E-state index contributed by atoms with van der Waals surface area (Å²) >= 11 is 0. The van der Waals surface area contributed by atoms with Gasteiger partial charge < -0.3 is 4.42 Å². The summed E-state index contributed by atoms with van der Waals surface area (Å²) < 4.78 is 29.0. The lowest BCUT2D eigenvalue weighted by atomic mass is 9.88. The molecule has 3 heterocycles.